The first-order valence-electron chi connectivity index (χ1n) is 7.25. The Balaban J connectivity index is 1.87. The van der Waals surface area contributed by atoms with Gasteiger partial charge in [-0.25, -0.2) is 4.39 Å². The monoisotopic (exact) mass is 258 g/mol. The lowest BCUT2D eigenvalue weighted by Gasteiger charge is -2.31. The van der Waals surface area contributed by atoms with Crippen LogP contribution in [0.1, 0.15) is 44.1 Å². The number of nitrogens with zero attached hydrogens (tertiary/aromatic N) is 2. The van der Waals surface area contributed by atoms with Crippen molar-refractivity contribution < 1.29 is 4.39 Å². The van der Waals surface area contributed by atoms with E-state index in [0.717, 1.165) is 18.2 Å². The molecule has 100 valence electrons. The molecule has 2 nitrogen and oxygen atoms in total. The average Bonchev–Trinajstić information content (AvgIpc) is 3.08. The predicted molar refractivity (Wildman–Crippen MR) is 73.4 cm³/mol. The van der Waals surface area contributed by atoms with Crippen molar-refractivity contribution in [1.29, 1.82) is 5.26 Å². The van der Waals surface area contributed by atoms with E-state index in [-0.39, 0.29) is 5.82 Å². The molecular weight excluding hydrogens is 239 g/mol. The minimum absolute atomic E-state index is 0.300. The van der Waals surface area contributed by atoms with Gasteiger partial charge in [0.1, 0.15) is 5.82 Å². The molecule has 1 saturated heterocycles. The summed E-state index contributed by atoms with van der Waals surface area (Å²) >= 11 is 0. The molecule has 1 aromatic rings. The van der Waals surface area contributed by atoms with E-state index in [1.54, 1.807) is 6.07 Å². The molecule has 3 heteroatoms. The Bertz CT molecular complexity index is 500. The molecule has 0 aromatic heterocycles. The highest BCUT2D eigenvalue weighted by Crippen LogP contribution is 2.38. The van der Waals surface area contributed by atoms with Gasteiger partial charge in [0.15, 0.2) is 0 Å². The predicted octanol–water partition coefficient (Wildman–Crippen LogP) is 3.86. The summed E-state index contributed by atoms with van der Waals surface area (Å²) in [6, 6.07) is 7.32. The molecule has 0 radical (unpaired) electrons. The van der Waals surface area contributed by atoms with Crippen LogP contribution in [0.3, 0.4) is 0 Å². The molecule has 1 aromatic carbocycles. The molecule has 2 aliphatic rings. The third kappa shape index (κ3) is 2.45. The third-order valence-corrected chi connectivity index (χ3v) is 4.59. The Kier molecular flexibility index (Phi) is 3.42. The lowest BCUT2D eigenvalue weighted by atomic mass is 9.95. The maximum atomic E-state index is 13.6. The molecule has 0 bridgehead atoms. The van der Waals surface area contributed by atoms with Gasteiger partial charge >= 0.3 is 0 Å². The first kappa shape index (κ1) is 12.5. The van der Waals surface area contributed by atoms with Gasteiger partial charge in [0.25, 0.3) is 0 Å². The molecule has 1 aliphatic heterocycles. The van der Waals surface area contributed by atoms with E-state index in [9.17, 15) is 4.39 Å². The molecule has 1 heterocycles. The smallest absolute Gasteiger partial charge is 0.126 e. The van der Waals surface area contributed by atoms with Gasteiger partial charge in [-0.3, -0.25) is 0 Å². The van der Waals surface area contributed by atoms with Crippen molar-refractivity contribution in [2.24, 2.45) is 5.92 Å². The zero-order valence-electron chi connectivity index (χ0n) is 11.1. The van der Waals surface area contributed by atoms with Gasteiger partial charge in [-0.15, -0.1) is 0 Å². The van der Waals surface area contributed by atoms with Crippen LogP contribution in [0.4, 0.5) is 10.1 Å². The van der Waals surface area contributed by atoms with Crippen molar-refractivity contribution in [3.05, 3.63) is 29.6 Å². The lowest BCUT2D eigenvalue weighted by molar-refractivity contribution is 0.430. The summed E-state index contributed by atoms with van der Waals surface area (Å²) in [5.41, 5.74) is 1.32. The second-order valence-corrected chi connectivity index (χ2v) is 5.76. The van der Waals surface area contributed by atoms with Crippen molar-refractivity contribution in [3.8, 4) is 6.07 Å². The van der Waals surface area contributed by atoms with E-state index >= 15 is 0 Å². The highest BCUT2D eigenvalue weighted by atomic mass is 19.1. The van der Waals surface area contributed by atoms with Crippen molar-refractivity contribution in [2.75, 3.05) is 11.4 Å². The molecule has 1 atom stereocenters. The van der Waals surface area contributed by atoms with Crippen LogP contribution < -0.4 is 4.90 Å². The summed E-state index contributed by atoms with van der Waals surface area (Å²) < 4.78 is 13.6. The number of nitriles is 1. The largest absolute Gasteiger partial charge is 0.368 e. The summed E-state index contributed by atoms with van der Waals surface area (Å²) in [5.74, 6) is 0.461. The maximum absolute atomic E-state index is 13.6. The SMILES string of the molecule is N#Cc1cc(F)cc(N2CCCC2C2CCCC2)c1. The number of halogens is 1. The molecule has 0 amide bonds. The number of hydrogen-bond acceptors (Lipinski definition) is 2. The summed E-state index contributed by atoms with van der Waals surface area (Å²) in [4.78, 5) is 2.33. The molecule has 0 spiro atoms. The zero-order valence-corrected chi connectivity index (χ0v) is 11.1. The van der Waals surface area contributed by atoms with Crippen LogP contribution in [-0.2, 0) is 0 Å². The molecule has 19 heavy (non-hydrogen) atoms. The van der Waals surface area contributed by atoms with Crippen LogP contribution in [0, 0.1) is 23.1 Å². The van der Waals surface area contributed by atoms with E-state index in [4.69, 9.17) is 5.26 Å². The van der Waals surface area contributed by atoms with Crippen LogP contribution >= 0.6 is 0 Å². The normalized spacial score (nSPS) is 23.8. The lowest BCUT2D eigenvalue weighted by Crippen LogP contribution is -2.34. The van der Waals surface area contributed by atoms with E-state index in [2.05, 4.69) is 4.90 Å². The van der Waals surface area contributed by atoms with Crippen LogP contribution in [0.5, 0.6) is 0 Å². The van der Waals surface area contributed by atoms with Crippen LogP contribution in [-0.4, -0.2) is 12.6 Å². The highest BCUT2D eigenvalue weighted by molar-refractivity contribution is 5.53. The van der Waals surface area contributed by atoms with E-state index < -0.39 is 0 Å². The minimum atomic E-state index is -0.300. The summed E-state index contributed by atoms with van der Waals surface area (Å²) in [6.07, 6.45) is 7.68. The van der Waals surface area contributed by atoms with Gasteiger partial charge in [0, 0.05) is 18.3 Å². The zero-order chi connectivity index (χ0) is 13.2. The fourth-order valence-corrected chi connectivity index (χ4v) is 3.75. The summed E-state index contributed by atoms with van der Waals surface area (Å²) in [5, 5.41) is 8.97. The van der Waals surface area contributed by atoms with E-state index in [1.807, 2.05) is 12.1 Å². The van der Waals surface area contributed by atoms with Gasteiger partial charge in [-0.05, 0) is 49.8 Å². The van der Waals surface area contributed by atoms with E-state index in [0.29, 0.717) is 11.6 Å². The quantitative estimate of drug-likeness (QED) is 0.805. The van der Waals surface area contributed by atoms with Crippen LogP contribution in [0.2, 0.25) is 0 Å². The van der Waals surface area contributed by atoms with Crippen molar-refractivity contribution >= 4 is 5.69 Å². The van der Waals surface area contributed by atoms with Gasteiger partial charge in [0.05, 0.1) is 11.6 Å². The number of anilines is 1. The third-order valence-electron chi connectivity index (χ3n) is 4.59. The fourth-order valence-electron chi connectivity index (χ4n) is 3.75. The molecule has 1 aliphatic carbocycles. The number of rotatable bonds is 2. The van der Waals surface area contributed by atoms with Crippen molar-refractivity contribution in [2.45, 2.75) is 44.6 Å². The number of benzene rings is 1. The second kappa shape index (κ2) is 5.21. The van der Waals surface area contributed by atoms with E-state index in [1.165, 1.54) is 44.6 Å². The Morgan fingerprint density at radius 3 is 2.63 bits per heavy atom. The van der Waals surface area contributed by atoms with Gasteiger partial charge in [-0.2, -0.15) is 5.26 Å². The van der Waals surface area contributed by atoms with Gasteiger partial charge < -0.3 is 4.90 Å². The highest BCUT2D eigenvalue weighted by Gasteiger charge is 2.33. The van der Waals surface area contributed by atoms with Gasteiger partial charge in [0.2, 0.25) is 0 Å². The molecule has 3 rings (SSSR count). The summed E-state index contributed by atoms with van der Waals surface area (Å²) in [6.45, 7) is 0.996. The molecule has 1 saturated carbocycles. The summed E-state index contributed by atoms with van der Waals surface area (Å²) in [7, 11) is 0. The topological polar surface area (TPSA) is 27.0 Å². The van der Waals surface area contributed by atoms with Crippen LogP contribution in [0.25, 0.3) is 0 Å². The standard InChI is InChI=1S/C16H19FN2/c17-14-8-12(11-18)9-15(10-14)19-7-3-6-16(19)13-4-1-2-5-13/h8-10,13,16H,1-7H2. The first-order chi connectivity index (χ1) is 9.28. The average molecular weight is 258 g/mol. The Hall–Kier alpha value is -1.56. The molecule has 2 fully saturated rings. The molecular formula is C16H19FN2. The second-order valence-electron chi connectivity index (χ2n) is 5.76. The minimum Gasteiger partial charge on any atom is -0.368 e. The Labute approximate surface area is 113 Å². The Morgan fingerprint density at radius 2 is 1.89 bits per heavy atom. The fraction of sp³-hybridized carbons (Fsp3) is 0.562. The van der Waals surface area contributed by atoms with Crippen molar-refractivity contribution in [1.82, 2.24) is 0 Å². The van der Waals surface area contributed by atoms with Gasteiger partial charge in [-0.1, -0.05) is 12.8 Å². The number of hydrogen-bond donors (Lipinski definition) is 0. The first-order valence-corrected chi connectivity index (χ1v) is 7.25. The Morgan fingerprint density at radius 1 is 1.11 bits per heavy atom. The molecule has 0 N–H and O–H groups in total. The van der Waals surface area contributed by atoms with Crippen molar-refractivity contribution in [3.63, 3.8) is 0 Å². The maximum Gasteiger partial charge on any atom is 0.126 e. The van der Waals surface area contributed by atoms with Crippen LogP contribution in [0.15, 0.2) is 18.2 Å². The molecule has 1 unspecified atom stereocenters.